The van der Waals surface area contributed by atoms with Gasteiger partial charge in [0.25, 0.3) is 0 Å². The van der Waals surface area contributed by atoms with E-state index in [-0.39, 0.29) is 17.9 Å². The SMILES string of the molecule is Cc1ccc(Cn2ccnc2CN(C[C@@H]2CCCO2)C(=O)C(C)C)cc1. The summed E-state index contributed by atoms with van der Waals surface area (Å²) in [5.41, 5.74) is 2.49. The molecule has 1 atom stereocenters. The molecule has 0 radical (unpaired) electrons. The second-order valence-electron chi connectivity index (χ2n) is 7.47. The van der Waals surface area contributed by atoms with Crippen molar-refractivity contribution in [1.82, 2.24) is 14.5 Å². The molecule has 2 heterocycles. The molecule has 1 fully saturated rings. The fourth-order valence-electron chi connectivity index (χ4n) is 3.33. The van der Waals surface area contributed by atoms with Crippen molar-refractivity contribution in [3.05, 3.63) is 53.6 Å². The first-order chi connectivity index (χ1) is 12.5. The summed E-state index contributed by atoms with van der Waals surface area (Å²) in [7, 11) is 0. The Labute approximate surface area is 156 Å². The van der Waals surface area contributed by atoms with Gasteiger partial charge in [0.2, 0.25) is 5.91 Å². The van der Waals surface area contributed by atoms with E-state index in [0.717, 1.165) is 31.8 Å². The normalized spacial score (nSPS) is 17.0. The van der Waals surface area contributed by atoms with Gasteiger partial charge in [-0.05, 0) is 25.3 Å². The molecule has 26 heavy (non-hydrogen) atoms. The van der Waals surface area contributed by atoms with Crippen molar-refractivity contribution in [3.8, 4) is 0 Å². The van der Waals surface area contributed by atoms with E-state index in [2.05, 4.69) is 40.7 Å². The van der Waals surface area contributed by atoms with E-state index in [1.165, 1.54) is 11.1 Å². The van der Waals surface area contributed by atoms with Crippen molar-refractivity contribution in [2.45, 2.75) is 52.8 Å². The largest absolute Gasteiger partial charge is 0.376 e. The van der Waals surface area contributed by atoms with Crippen molar-refractivity contribution in [2.24, 2.45) is 5.92 Å². The zero-order valence-corrected chi connectivity index (χ0v) is 16.0. The Bertz CT molecular complexity index is 715. The quantitative estimate of drug-likeness (QED) is 0.765. The van der Waals surface area contributed by atoms with E-state index >= 15 is 0 Å². The third-order valence-electron chi connectivity index (χ3n) is 4.86. The van der Waals surface area contributed by atoms with Gasteiger partial charge in [-0.2, -0.15) is 0 Å². The van der Waals surface area contributed by atoms with E-state index in [1.807, 2.05) is 31.1 Å². The standard InChI is InChI=1S/C21H29N3O2/c1-16(2)21(25)24(14-19-5-4-12-26-19)15-20-22-10-11-23(20)13-18-8-6-17(3)7-9-18/h6-11,16,19H,4-5,12-15H2,1-3H3/t19-/m0/s1. The molecule has 5 heteroatoms. The topological polar surface area (TPSA) is 47.4 Å². The summed E-state index contributed by atoms with van der Waals surface area (Å²) < 4.78 is 7.87. The summed E-state index contributed by atoms with van der Waals surface area (Å²) in [5.74, 6) is 1.04. The number of imidazole rings is 1. The molecule has 1 aliphatic heterocycles. The number of hydrogen-bond donors (Lipinski definition) is 0. The van der Waals surface area contributed by atoms with E-state index in [1.54, 1.807) is 0 Å². The Balaban J connectivity index is 1.72. The minimum absolute atomic E-state index is 0.0306. The van der Waals surface area contributed by atoms with Crippen LogP contribution in [-0.2, 0) is 22.6 Å². The smallest absolute Gasteiger partial charge is 0.225 e. The van der Waals surface area contributed by atoms with E-state index < -0.39 is 0 Å². The highest BCUT2D eigenvalue weighted by Gasteiger charge is 2.25. The number of aromatic nitrogens is 2. The van der Waals surface area contributed by atoms with Gasteiger partial charge in [-0.25, -0.2) is 4.98 Å². The number of amides is 1. The van der Waals surface area contributed by atoms with Gasteiger partial charge in [0.05, 0.1) is 12.6 Å². The van der Waals surface area contributed by atoms with Crippen LogP contribution in [0.5, 0.6) is 0 Å². The third-order valence-corrected chi connectivity index (χ3v) is 4.86. The first kappa shape index (κ1) is 18.6. The van der Waals surface area contributed by atoms with Gasteiger partial charge in [-0.3, -0.25) is 4.79 Å². The molecule has 0 spiro atoms. The summed E-state index contributed by atoms with van der Waals surface area (Å²) in [6, 6.07) is 8.53. The Morgan fingerprint density at radius 1 is 1.35 bits per heavy atom. The Morgan fingerprint density at radius 2 is 2.12 bits per heavy atom. The summed E-state index contributed by atoms with van der Waals surface area (Å²) in [6.07, 6.45) is 6.06. The molecule has 1 aromatic carbocycles. The molecule has 0 aliphatic carbocycles. The predicted octanol–water partition coefficient (Wildman–Crippen LogP) is 3.40. The van der Waals surface area contributed by atoms with Gasteiger partial charge >= 0.3 is 0 Å². The zero-order chi connectivity index (χ0) is 18.5. The molecule has 0 unspecified atom stereocenters. The summed E-state index contributed by atoms with van der Waals surface area (Å²) in [6.45, 7) is 8.72. The number of nitrogens with zero attached hydrogens (tertiary/aromatic N) is 3. The zero-order valence-electron chi connectivity index (χ0n) is 16.0. The fraction of sp³-hybridized carbons (Fsp3) is 0.524. The molecule has 0 N–H and O–H groups in total. The van der Waals surface area contributed by atoms with Crippen molar-refractivity contribution in [1.29, 1.82) is 0 Å². The maximum atomic E-state index is 12.7. The molecule has 140 valence electrons. The molecule has 1 saturated heterocycles. The lowest BCUT2D eigenvalue weighted by atomic mass is 10.1. The number of ether oxygens (including phenoxy) is 1. The molecule has 5 nitrogen and oxygen atoms in total. The van der Waals surface area contributed by atoms with Crippen LogP contribution in [0.25, 0.3) is 0 Å². The van der Waals surface area contributed by atoms with Crippen molar-refractivity contribution >= 4 is 5.91 Å². The molecule has 0 saturated carbocycles. The van der Waals surface area contributed by atoms with Gasteiger partial charge in [-0.15, -0.1) is 0 Å². The summed E-state index contributed by atoms with van der Waals surface area (Å²) in [4.78, 5) is 19.1. The van der Waals surface area contributed by atoms with Crippen molar-refractivity contribution < 1.29 is 9.53 Å². The maximum absolute atomic E-state index is 12.7. The average molecular weight is 355 g/mol. The third kappa shape index (κ3) is 4.73. The van der Waals surface area contributed by atoms with Crippen LogP contribution in [0, 0.1) is 12.8 Å². The minimum Gasteiger partial charge on any atom is -0.376 e. The monoisotopic (exact) mass is 355 g/mol. The van der Waals surface area contributed by atoms with Crippen molar-refractivity contribution in [3.63, 3.8) is 0 Å². The number of carbonyl (C=O) groups excluding carboxylic acids is 1. The molecule has 1 amide bonds. The van der Waals surface area contributed by atoms with Gasteiger partial charge in [0, 0.05) is 38.0 Å². The van der Waals surface area contributed by atoms with Gasteiger partial charge in [0.1, 0.15) is 5.82 Å². The molecular weight excluding hydrogens is 326 g/mol. The highest BCUT2D eigenvalue weighted by atomic mass is 16.5. The van der Waals surface area contributed by atoms with Gasteiger partial charge < -0.3 is 14.2 Å². The lowest BCUT2D eigenvalue weighted by Gasteiger charge is -2.27. The van der Waals surface area contributed by atoms with E-state index in [0.29, 0.717) is 13.1 Å². The summed E-state index contributed by atoms with van der Waals surface area (Å²) >= 11 is 0. The Kier molecular flexibility index (Phi) is 6.09. The average Bonchev–Trinajstić information content (AvgIpc) is 3.28. The van der Waals surface area contributed by atoms with Crippen LogP contribution in [0.2, 0.25) is 0 Å². The maximum Gasteiger partial charge on any atom is 0.225 e. The first-order valence-electron chi connectivity index (χ1n) is 9.49. The van der Waals surface area contributed by atoms with Gasteiger partial charge in [0.15, 0.2) is 0 Å². The Hall–Kier alpha value is -2.14. The van der Waals surface area contributed by atoms with Crippen LogP contribution in [-0.4, -0.2) is 39.6 Å². The second kappa shape index (κ2) is 8.49. The number of hydrogen-bond acceptors (Lipinski definition) is 3. The van der Waals surface area contributed by atoms with Crippen LogP contribution in [0.4, 0.5) is 0 Å². The summed E-state index contributed by atoms with van der Waals surface area (Å²) in [5, 5.41) is 0. The molecule has 3 rings (SSSR count). The van der Waals surface area contributed by atoms with Crippen LogP contribution < -0.4 is 0 Å². The molecular formula is C21H29N3O2. The fourth-order valence-corrected chi connectivity index (χ4v) is 3.33. The predicted molar refractivity (Wildman–Crippen MR) is 102 cm³/mol. The van der Waals surface area contributed by atoms with Crippen molar-refractivity contribution in [2.75, 3.05) is 13.2 Å². The van der Waals surface area contributed by atoms with Crippen LogP contribution in [0.3, 0.4) is 0 Å². The van der Waals surface area contributed by atoms with Crippen LogP contribution in [0.1, 0.15) is 43.6 Å². The number of carbonyl (C=O) groups is 1. The Morgan fingerprint density at radius 3 is 2.77 bits per heavy atom. The van der Waals surface area contributed by atoms with E-state index in [9.17, 15) is 4.79 Å². The minimum atomic E-state index is -0.0306. The molecule has 2 aromatic rings. The molecule has 1 aromatic heterocycles. The van der Waals surface area contributed by atoms with Gasteiger partial charge in [-0.1, -0.05) is 43.7 Å². The van der Waals surface area contributed by atoms with Crippen LogP contribution in [0.15, 0.2) is 36.7 Å². The van der Waals surface area contributed by atoms with Crippen LogP contribution >= 0.6 is 0 Å². The number of rotatable bonds is 7. The lowest BCUT2D eigenvalue weighted by Crippen LogP contribution is -2.39. The number of benzene rings is 1. The molecule has 0 bridgehead atoms. The highest BCUT2D eigenvalue weighted by molar-refractivity contribution is 5.78. The lowest BCUT2D eigenvalue weighted by molar-refractivity contribution is -0.136. The second-order valence-corrected chi connectivity index (χ2v) is 7.47. The molecule has 1 aliphatic rings. The van der Waals surface area contributed by atoms with E-state index in [4.69, 9.17) is 4.74 Å². The number of aryl methyl sites for hydroxylation is 1. The highest BCUT2D eigenvalue weighted by Crippen LogP contribution is 2.17. The first-order valence-corrected chi connectivity index (χ1v) is 9.49.